The molecular formula is C24H31N3O3. The van der Waals surface area contributed by atoms with Gasteiger partial charge in [-0.2, -0.15) is 0 Å². The van der Waals surface area contributed by atoms with Crippen LogP contribution < -0.4 is 15.4 Å². The van der Waals surface area contributed by atoms with E-state index in [0.29, 0.717) is 18.1 Å². The van der Waals surface area contributed by atoms with Crippen molar-refractivity contribution in [2.45, 2.75) is 45.1 Å². The summed E-state index contributed by atoms with van der Waals surface area (Å²) in [6.45, 7) is 7.71. The van der Waals surface area contributed by atoms with E-state index >= 15 is 0 Å². The summed E-state index contributed by atoms with van der Waals surface area (Å²) in [6.07, 6.45) is 2.12. The highest BCUT2D eigenvalue weighted by Crippen LogP contribution is 2.22. The van der Waals surface area contributed by atoms with Gasteiger partial charge in [0, 0.05) is 23.9 Å². The molecule has 1 aliphatic heterocycles. The Kier molecular flexibility index (Phi) is 7.11. The van der Waals surface area contributed by atoms with Gasteiger partial charge in [-0.25, -0.2) is 4.99 Å². The molecule has 1 fully saturated rings. The Morgan fingerprint density at radius 1 is 1.20 bits per heavy atom. The lowest BCUT2D eigenvalue weighted by atomic mass is 9.87. The van der Waals surface area contributed by atoms with Gasteiger partial charge in [0.25, 0.3) is 5.91 Å². The normalized spacial score (nSPS) is 16.9. The second-order valence-electron chi connectivity index (χ2n) is 8.46. The number of amides is 1. The number of nitrogens with one attached hydrogen (secondary N) is 2. The van der Waals surface area contributed by atoms with Gasteiger partial charge in [0.05, 0.1) is 19.8 Å². The molecule has 2 N–H and O–H groups in total. The van der Waals surface area contributed by atoms with Crippen LogP contribution >= 0.6 is 0 Å². The predicted octanol–water partition coefficient (Wildman–Crippen LogP) is 4.37. The Labute approximate surface area is 178 Å². The number of ether oxygens (including phenoxy) is 2. The van der Waals surface area contributed by atoms with Crippen LogP contribution in [0, 0.1) is 0 Å². The highest BCUT2D eigenvalue weighted by molar-refractivity contribution is 6.10. The summed E-state index contributed by atoms with van der Waals surface area (Å²) in [7, 11) is 1.62. The quantitative estimate of drug-likeness (QED) is 0.568. The minimum atomic E-state index is -0.211. The van der Waals surface area contributed by atoms with Crippen LogP contribution in [0.3, 0.4) is 0 Å². The highest BCUT2D eigenvalue weighted by Gasteiger charge is 2.17. The molecule has 0 spiro atoms. The van der Waals surface area contributed by atoms with E-state index in [1.807, 2.05) is 48.5 Å². The SMILES string of the molecule is COc1cccc(NC(=NCC2CCCO2)NC(=O)c2ccc(C(C)(C)C)cc2)c1. The summed E-state index contributed by atoms with van der Waals surface area (Å²) in [5.74, 6) is 0.906. The number of rotatable bonds is 5. The number of hydrogen-bond acceptors (Lipinski definition) is 4. The Hall–Kier alpha value is -2.86. The Balaban J connectivity index is 1.75. The van der Waals surface area contributed by atoms with Gasteiger partial charge in [0.15, 0.2) is 0 Å². The van der Waals surface area contributed by atoms with Crippen molar-refractivity contribution in [2.24, 2.45) is 4.99 Å². The van der Waals surface area contributed by atoms with E-state index in [2.05, 4.69) is 36.4 Å². The largest absolute Gasteiger partial charge is 0.497 e. The fourth-order valence-electron chi connectivity index (χ4n) is 3.23. The van der Waals surface area contributed by atoms with Crippen LogP contribution in [0.4, 0.5) is 5.69 Å². The van der Waals surface area contributed by atoms with E-state index in [0.717, 1.165) is 30.9 Å². The second kappa shape index (κ2) is 9.76. The Morgan fingerprint density at radius 2 is 1.97 bits per heavy atom. The van der Waals surface area contributed by atoms with E-state index < -0.39 is 0 Å². The smallest absolute Gasteiger partial charge is 0.257 e. The number of methoxy groups -OCH3 is 1. The maximum absolute atomic E-state index is 12.8. The summed E-state index contributed by atoms with van der Waals surface area (Å²) < 4.78 is 10.9. The third-order valence-corrected chi connectivity index (χ3v) is 5.05. The van der Waals surface area contributed by atoms with Crippen molar-refractivity contribution >= 4 is 17.6 Å². The summed E-state index contributed by atoms with van der Waals surface area (Å²) >= 11 is 0. The monoisotopic (exact) mass is 409 g/mol. The summed E-state index contributed by atoms with van der Waals surface area (Å²) in [5, 5.41) is 6.10. The molecule has 1 saturated heterocycles. The first kappa shape index (κ1) is 21.8. The molecule has 1 amide bonds. The first-order chi connectivity index (χ1) is 14.3. The second-order valence-corrected chi connectivity index (χ2v) is 8.46. The van der Waals surface area contributed by atoms with Gasteiger partial charge < -0.3 is 14.8 Å². The molecule has 30 heavy (non-hydrogen) atoms. The molecule has 0 radical (unpaired) electrons. The van der Waals surface area contributed by atoms with E-state index in [9.17, 15) is 4.79 Å². The molecule has 6 heteroatoms. The van der Waals surface area contributed by atoms with Crippen LogP contribution in [0.2, 0.25) is 0 Å². The zero-order valence-corrected chi connectivity index (χ0v) is 18.2. The fraction of sp³-hybridized carbons (Fsp3) is 0.417. The van der Waals surface area contributed by atoms with E-state index in [1.54, 1.807) is 7.11 Å². The Bertz CT molecular complexity index is 879. The van der Waals surface area contributed by atoms with Gasteiger partial charge in [-0.15, -0.1) is 0 Å². The maximum Gasteiger partial charge on any atom is 0.257 e. The van der Waals surface area contributed by atoms with Crippen LogP contribution in [-0.2, 0) is 10.2 Å². The van der Waals surface area contributed by atoms with Crippen molar-refractivity contribution in [3.8, 4) is 5.75 Å². The molecule has 2 aromatic carbocycles. The topological polar surface area (TPSA) is 71.9 Å². The number of guanidine groups is 1. The average molecular weight is 410 g/mol. The molecule has 160 valence electrons. The number of hydrogen-bond donors (Lipinski definition) is 2. The molecule has 6 nitrogen and oxygen atoms in total. The Morgan fingerprint density at radius 3 is 2.60 bits per heavy atom. The van der Waals surface area contributed by atoms with Gasteiger partial charge in [-0.1, -0.05) is 39.0 Å². The zero-order valence-electron chi connectivity index (χ0n) is 18.2. The molecule has 0 aliphatic carbocycles. The van der Waals surface area contributed by atoms with Crippen LogP contribution in [-0.4, -0.2) is 38.2 Å². The van der Waals surface area contributed by atoms with Crippen LogP contribution in [0.5, 0.6) is 5.75 Å². The lowest BCUT2D eigenvalue weighted by molar-refractivity contribution is 0.0975. The number of aliphatic imine (C=N–C) groups is 1. The molecule has 0 aromatic heterocycles. The number of carbonyl (C=O) groups is 1. The molecule has 0 bridgehead atoms. The molecule has 0 saturated carbocycles. The summed E-state index contributed by atoms with van der Waals surface area (Å²) in [5.41, 5.74) is 2.58. The molecule has 1 unspecified atom stereocenters. The van der Waals surface area contributed by atoms with Gasteiger partial charge in [-0.3, -0.25) is 10.1 Å². The van der Waals surface area contributed by atoms with Gasteiger partial charge >= 0.3 is 0 Å². The first-order valence-corrected chi connectivity index (χ1v) is 10.3. The summed E-state index contributed by atoms with van der Waals surface area (Å²) in [4.78, 5) is 17.4. The molecule has 1 heterocycles. The lowest BCUT2D eigenvalue weighted by Crippen LogP contribution is -2.36. The number of anilines is 1. The molecular weight excluding hydrogens is 378 g/mol. The van der Waals surface area contributed by atoms with E-state index in [1.165, 1.54) is 5.56 Å². The molecule has 3 rings (SSSR count). The van der Waals surface area contributed by atoms with Crippen molar-refractivity contribution in [1.29, 1.82) is 0 Å². The maximum atomic E-state index is 12.8. The van der Waals surface area contributed by atoms with Gasteiger partial charge in [0.1, 0.15) is 5.75 Å². The zero-order chi connectivity index (χ0) is 21.6. The minimum absolute atomic E-state index is 0.0385. The first-order valence-electron chi connectivity index (χ1n) is 10.3. The summed E-state index contributed by atoms with van der Waals surface area (Å²) in [6, 6.07) is 15.2. The van der Waals surface area contributed by atoms with Crippen LogP contribution in [0.25, 0.3) is 0 Å². The number of benzene rings is 2. The minimum Gasteiger partial charge on any atom is -0.497 e. The third-order valence-electron chi connectivity index (χ3n) is 5.05. The molecule has 1 atom stereocenters. The van der Waals surface area contributed by atoms with E-state index in [4.69, 9.17) is 9.47 Å². The van der Waals surface area contributed by atoms with Crippen molar-refractivity contribution < 1.29 is 14.3 Å². The lowest BCUT2D eigenvalue weighted by Gasteiger charge is -2.19. The van der Waals surface area contributed by atoms with Gasteiger partial charge in [0.2, 0.25) is 5.96 Å². The third kappa shape index (κ3) is 6.07. The van der Waals surface area contributed by atoms with Crippen molar-refractivity contribution in [2.75, 3.05) is 25.6 Å². The van der Waals surface area contributed by atoms with Crippen molar-refractivity contribution in [3.05, 3.63) is 59.7 Å². The van der Waals surface area contributed by atoms with Crippen LogP contribution in [0.15, 0.2) is 53.5 Å². The fourth-order valence-corrected chi connectivity index (χ4v) is 3.23. The molecule has 1 aliphatic rings. The standard InChI is InChI=1S/C24H31N3O3/c1-24(2,3)18-12-10-17(11-13-18)22(28)27-23(25-16-21-9-6-14-30-21)26-19-7-5-8-20(15-19)29-4/h5,7-8,10-13,15,21H,6,9,14,16H2,1-4H3,(H2,25,26,27,28). The highest BCUT2D eigenvalue weighted by atomic mass is 16.5. The van der Waals surface area contributed by atoms with Crippen molar-refractivity contribution in [1.82, 2.24) is 5.32 Å². The van der Waals surface area contributed by atoms with Gasteiger partial charge in [-0.05, 0) is 48.1 Å². The molecule has 2 aromatic rings. The van der Waals surface area contributed by atoms with Crippen LogP contribution in [0.1, 0.15) is 49.5 Å². The number of nitrogens with zero attached hydrogens (tertiary/aromatic N) is 1. The number of carbonyl (C=O) groups excluding carboxylic acids is 1. The van der Waals surface area contributed by atoms with Crippen molar-refractivity contribution in [3.63, 3.8) is 0 Å². The van der Waals surface area contributed by atoms with E-state index in [-0.39, 0.29) is 17.4 Å². The predicted molar refractivity (Wildman–Crippen MR) is 121 cm³/mol. The average Bonchev–Trinajstić information content (AvgIpc) is 3.25.